The van der Waals surface area contributed by atoms with Gasteiger partial charge in [0.2, 0.25) is 10.0 Å². The Kier molecular flexibility index (Phi) is 5.62. The Hall–Kier alpha value is -1.73. The van der Waals surface area contributed by atoms with Gasteiger partial charge in [0.15, 0.2) is 5.78 Å². The van der Waals surface area contributed by atoms with E-state index in [9.17, 15) is 18.0 Å². The lowest BCUT2D eigenvalue weighted by molar-refractivity contribution is -0.140. The van der Waals surface area contributed by atoms with Crippen LogP contribution in [-0.2, 0) is 14.8 Å². The lowest BCUT2D eigenvalue weighted by Crippen LogP contribution is -2.44. The van der Waals surface area contributed by atoms with Gasteiger partial charge in [-0.2, -0.15) is 4.72 Å². The Bertz CT molecular complexity index is 637. The van der Waals surface area contributed by atoms with Crippen LogP contribution in [0, 0.1) is 5.92 Å². The molecule has 0 radical (unpaired) electrons. The maximum Gasteiger partial charge on any atom is 0.322 e. The molecule has 0 saturated carbocycles. The van der Waals surface area contributed by atoms with Crippen molar-refractivity contribution >= 4 is 21.8 Å². The average Bonchev–Trinajstić information content (AvgIpc) is 2.43. The minimum absolute atomic E-state index is 0.117. The van der Waals surface area contributed by atoms with Crippen LogP contribution in [0.1, 0.15) is 37.6 Å². The Morgan fingerprint density at radius 3 is 2.38 bits per heavy atom. The summed E-state index contributed by atoms with van der Waals surface area (Å²) in [6.45, 7) is 4.90. The molecule has 0 aliphatic heterocycles. The fraction of sp³-hybridized carbons (Fsp3) is 0.429. The minimum atomic E-state index is -4.00. The molecule has 2 N–H and O–H groups in total. The number of carboxylic acids is 1. The van der Waals surface area contributed by atoms with Gasteiger partial charge < -0.3 is 5.11 Å². The second kappa shape index (κ2) is 6.82. The van der Waals surface area contributed by atoms with Crippen LogP contribution >= 0.6 is 0 Å². The predicted octanol–water partition coefficient (Wildman–Crippen LogP) is 1.67. The summed E-state index contributed by atoms with van der Waals surface area (Å²) in [5.74, 6) is -1.82. The summed E-state index contributed by atoms with van der Waals surface area (Å²) >= 11 is 0. The summed E-state index contributed by atoms with van der Waals surface area (Å²) in [7, 11) is -4.00. The van der Waals surface area contributed by atoms with Crippen molar-refractivity contribution in [1.82, 2.24) is 4.72 Å². The number of carbonyl (C=O) groups is 2. The second-order valence-corrected chi connectivity index (χ2v) is 6.70. The summed E-state index contributed by atoms with van der Waals surface area (Å²) < 4.78 is 26.6. The van der Waals surface area contributed by atoms with E-state index in [1.165, 1.54) is 24.3 Å². The maximum atomic E-state index is 12.2. The topological polar surface area (TPSA) is 101 Å². The van der Waals surface area contributed by atoms with Gasteiger partial charge >= 0.3 is 5.97 Å². The van der Waals surface area contributed by atoms with Gasteiger partial charge in [-0.1, -0.05) is 32.9 Å². The highest BCUT2D eigenvalue weighted by atomic mass is 32.2. The lowest BCUT2D eigenvalue weighted by atomic mass is 10.1. The summed E-state index contributed by atoms with van der Waals surface area (Å²) in [5, 5.41) is 9.05. The largest absolute Gasteiger partial charge is 0.480 e. The summed E-state index contributed by atoms with van der Waals surface area (Å²) in [4.78, 5) is 22.6. The van der Waals surface area contributed by atoms with E-state index in [-0.39, 0.29) is 22.7 Å². The molecule has 0 heterocycles. The van der Waals surface area contributed by atoms with E-state index in [0.29, 0.717) is 0 Å². The zero-order chi connectivity index (χ0) is 16.2. The van der Waals surface area contributed by atoms with Crippen LogP contribution in [0.2, 0.25) is 0 Å². The van der Waals surface area contributed by atoms with Crippen LogP contribution in [0.4, 0.5) is 0 Å². The normalized spacial score (nSPS) is 13.1. The molecular weight excluding hydrogens is 294 g/mol. The van der Waals surface area contributed by atoms with Gasteiger partial charge in [-0.3, -0.25) is 9.59 Å². The Labute approximate surface area is 124 Å². The molecule has 7 heteroatoms. The van der Waals surface area contributed by atoms with Crippen LogP contribution in [0.15, 0.2) is 29.2 Å². The van der Waals surface area contributed by atoms with Crippen molar-refractivity contribution in [3.63, 3.8) is 0 Å². The van der Waals surface area contributed by atoms with Crippen molar-refractivity contribution in [2.75, 3.05) is 0 Å². The van der Waals surface area contributed by atoms with Crippen LogP contribution in [0.5, 0.6) is 0 Å². The number of aliphatic carboxylic acids is 1. The first kappa shape index (κ1) is 17.3. The molecule has 6 nitrogen and oxygen atoms in total. The summed E-state index contributed by atoms with van der Waals surface area (Å²) in [6.07, 6.45) is 0.265. The maximum absolute atomic E-state index is 12.2. The molecule has 1 atom stereocenters. The third-order valence-corrected chi connectivity index (χ3v) is 4.44. The minimum Gasteiger partial charge on any atom is -0.480 e. The summed E-state index contributed by atoms with van der Waals surface area (Å²) in [5.41, 5.74) is 0.289. The SMILES string of the molecule is CCC(=O)c1cccc(S(=O)(=O)N[C@H](C(=O)O)C(C)C)c1. The molecule has 0 saturated heterocycles. The van der Waals surface area contributed by atoms with Crippen molar-refractivity contribution in [3.05, 3.63) is 29.8 Å². The van der Waals surface area contributed by atoms with Gasteiger partial charge in [-0.25, -0.2) is 8.42 Å². The Balaban J connectivity index is 3.13. The number of carbonyl (C=O) groups excluding carboxylic acids is 1. The molecule has 116 valence electrons. The molecule has 0 spiro atoms. The number of benzene rings is 1. The highest BCUT2D eigenvalue weighted by Crippen LogP contribution is 2.15. The number of nitrogens with one attached hydrogen (secondary N) is 1. The third kappa shape index (κ3) is 4.37. The number of hydrogen-bond acceptors (Lipinski definition) is 4. The first-order valence-corrected chi connectivity index (χ1v) is 8.05. The Morgan fingerprint density at radius 2 is 1.90 bits per heavy atom. The molecular formula is C14H19NO5S. The third-order valence-electron chi connectivity index (χ3n) is 3.00. The molecule has 1 aromatic rings. The van der Waals surface area contributed by atoms with Crippen LogP contribution in [0.3, 0.4) is 0 Å². The van der Waals surface area contributed by atoms with Crippen LogP contribution in [-0.4, -0.2) is 31.3 Å². The molecule has 0 aromatic heterocycles. The zero-order valence-electron chi connectivity index (χ0n) is 12.2. The van der Waals surface area contributed by atoms with Gasteiger partial charge in [0.05, 0.1) is 4.90 Å². The molecule has 0 bridgehead atoms. The predicted molar refractivity (Wildman–Crippen MR) is 77.6 cm³/mol. The van der Waals surface area contributed by atoms with E-state index < -0.39 is 28.0 Å². The van der Waals surface area contributed by atoms with Crippen molar-refractivity contribution in [2.45, 2.75) is 38.1 Å². The van der Waals surface area contributed by atoms with Crippen molar-refractivity contribution < 1.29 is 23.1 Å². The number of ketones is 1. The van der Waals surface area contributed by atoms with Gasteiger partial charge in [0.25, 0.3) is 0 Å². The van der Waals surface area contributed by atoms with E-state index in [4.69, 9.17) is 5.11 Å². The van der Waals surface area contributed by atoms with E-state index >= 15 is 0 Å². The number of hydrogen-bond donors (Lipinski definition) is 2. The van der Waals surface area contributed by atoms with E-state index in [0.717, 1.165) is 0 Å². The first-order chi connectivity index (χ1) is 9.69. The molecule has 1 rings (SSSR count). The Morgan fingerprint density at radius 1 is 1.29 bits per heavy atom. The van der Waals surface area contributed by atoms with Gasteiger partial charge in [-0.15, -0.1) is 0 Å². The molecule has 21 heavy (non-hydrogen) atoms. The van der Waals surface area contributed by atoms with Crippen molar-refractivity contribution in [3.8, 4) is 0 Å². The number of rotatable bonds is 7. The van der Waals surface area contributed by atoms with Crippen LogP contribution in [0.25, 0.3) is 0 Å². The number of Topliss-reactive ketones (excluding diaryl/α,β-unsaturated/α-hetero) is 1. The molecule has 1 aromatic carbocycles. The molecule has 0 aliphatic rings. The highest BCUT2D eigenvalue weighted by molar-refractivity contribution is 7.89. The van der Waals surface area contributed by atoms with Gasteiger partial charge in [-0.05, 0) is 18.1 Å². The monoisotopic (exact) mass is 313 g/mol. The van der Waals surface area contributed by atoms with Crippen molar-refractivity contribution in [1.29, 1.82) is 0 Å². The first-order valence-electron chi connectivity index (χ1n) is 6.57. The standard InChI is InChI=1S/C14H19NO5S/c1-4-12(16)10-6-5-7-11(8-10)21(19,20)15-13(9(2)3)14(17)18/h5-9,13,15H,4H2,1-3H3,(H,17,18)/t13-/m0/s1. The fourth-order valence-corrected chi connectivity index (χ4v) is 3.13. The highest BCUT2D eigenvalue weighted by Gasteiger charge is 2.28. The van der Waals surface area contributed by atoms with Crippen molar-refractivity contribution in [2.24, 2.45) is 5.92 Å². The van der Waals surface area contributed by atoms with Gasteiger partial charge in [0, 0.05) is 12.0 Å². The molecule has 0 amide bonds. The van der Waals surface area contributed by atoms with E-state index in [1.807, 2.05) is 0 Å². The molecule has 0 fully saturated rings. The zero-order valence-corrected chi connectivity index (χ0v) is 13.0. The number of carboxylic acid groups (broad SMARTS) is 1. The van der Waals surface area contributed by atoms with E-state index in [1.54, 1.807) is 20.8 Å². The molecule has 0 unspecified atom stereocenters. The summed E-state index contributed by atoms with van der Waals surface area (Å²) in [6, 6.07) is 4.35. The molecule has 0 aliphatic carbocycles. The average molecular weight is 313 g/mol. The second-order valence-electron chi connectivity index (χ2n) is 4.99. The fourth-order valence-electron chi connectivity index (χ4n) is 1.75. The van der Waals surface area contributed by atoms with E-state index in [2.05, 4.69) is 4.72 Å². The number of sulfonamides is 1. The quantitative estimate of drug-likeness (QED) is 0.746. The lowest BCUT2D eigenvalue weighted by Gasteiger charge is -2.18. The van der Waals surface area contributed by atoms with Crippen LogP contribution < -0.4 is 4.72 Å². The smallest absolute Gasteiger partial charge is 0.322 e. The van der Waals surface area contributed by atoms with Gasteiger partial charge in [0.1, 0.15) is 6.04 Å².